The van der Waals surface area contributed by atoms with Crippen molar-refractivity contribution >= 4 is 11.6 Å². The van der Waals surface area contributed by atoms with Gasteiger partial charge in [0.25, 0.3) is 5.91 Å². The highest BCUT2D eigenvalue weighted by molar-refractivity contribution is 6.03. The van der Waals surface area contributed by atoms with Gasteiger partial charge in [0.2, 0.25) is 0 Å². The van der Waals surface area contributed by atoms with Crippen LogP contribution in [-0.4, -0.2) is 48.3 Å². The Balaban J connectivity index is 1.95. The molecule has 5 heteroatoms. The molecule has 1 amide bonds. The fourth-order valence-electron chi connectivity index (χ4n) is 3.39. The first kappa shape index (κ1) is 20.1. The second-order valence-corrected chi connectivity index (χ2v) is 7.60. The van der Waals surface area contributed by atoms with Crippen molar-refractivity contribution in [1.29, 1.82) is 0 Å². The molecule has 1 aliphatic heterocycles. The van der Waals surface area contributed by atoms with E-state index in [-0.39, 0.29) is 11.9 Å². The average Bonchev–Trinajstić information content (AvgIpc) is 3.13. The first-order chi connectivity index (χ1) is 13.4. The molecule has 5 nitrogen and oxygen atoms in total. The summed E-state index contributed by atoms with van der Waals surface area (Å²) in [5.74, 6) is 0.805. The molecular formula is C23H29N3O2. The summed E-state index contributed by atoms with van der Waals surface area (Å²) in [6.07, 6.45) is 0.690. The minimum absolute atomic E-state index is 0.0161. The Kier molecular flexibility index (Phi) is 6.15. The Labute approximate surface area is 167 Å². The molecule has 0 saturated heterocycles. The molecule has 0 aliphatic carbocycles. The number of hydrogen-bond donors (Lipinski definition) is 0. The van der Waals surface area contributed by atoms with Crippen molar-refractivity contribution in [3.05, 3.63) is 65.2 Å². The van der Waals surface area contributed by atoms with Crippen LogP contribution in [-0.2, 0) is 4.79 Å². The van der Waals surface area contributed by atoms with Crippen LogP contribution in [0.1, 0.15) is 43.0 Å². The van der Waals surface area contributed by atoms with Crippen molar-refractivity contribution < 1.29 is 9.53 Å². The molecule has 1 unspecified atom stereocenters. The number of hydrazone groups is 1. The summed E-state index contributed by atoms with van der Waals surface area (Å²) >= 11 is 0. The lowest BCUT2D eigenvalue weighted by Gasteiger charge is -2.27. The standard InChI is InChI=1S/C23H29N3O2/c1-16(2)25(4)15-23(27)26-22(20-12-7-6-9-17(20)3)14-21(24-26)18-10-8-11-19(13-18)28-5/h6-13,16,22H,14-15H2,1-5H3. The number of nitrogens with zero attached hydrogens (tertiary/aromatic N) is 3. The van der Waals surface area contributed by atoms with Crippen LogP contribution in [0.2, 0.25) is 0 Å². The van der Waals surface area contributed by atoms with Crippen LogP contribution in [0.25, 0.3) is 0 Å². The van der Waals surface area contributed by atoms with Crippen molar-refractivity contribution in [2.45, 2.75) is 39.3 Å². The molecule has 0 spiro atoms. The second kappa shape index (κ2) is 8.57. The molecule has 0 radical (unpaired) electrons. The van der Waals surface area contributed by atoms with Gasteiger partial charge < -0.3 is 4.74 Å². The van der Waals surface area contributed by atoms with Crippen molar-refractivity contribution in [3.8, 4) is 5.75 Å². The Morgan fingerprint density at radius 2 is 2.00 bits per heavy atom. The molecule has 3 rings (SSSR count). The topological polar surface area (TPSA) is 45.1 Å². The van der Waals surface area contributed by atoms with Gasteiger partial charge in [0.15, 0.2) is 0 Å². The van der Waals surface area contributed by atoms with E-state index in [1.54, 1.807) is 12.1 Å². The largest absolute Gasteiger partial charge is 0.497 e. The Morgan fingerprint density at radius 1 is 1.25 bits per heavy atom. The summed E-state index contributed by atoms with van der Waals surface area (Å²) in [6.45, 7) is 6.60. The molecule has 1 aliphatic rings. The van der Waals surface area contributed by atoms with Crippen LogP contribution >= 0.6 is 0 Å². The molecule has 1 atom stereocenters. The fraction of sp³-hybridized carbons (Fsp3) is 0.391. The molecule has 1 heterocycles. The molecule has 2 aromatic carbocycles. The summed E-state index contributed by atoms with van der Waals surface area (Å²) in [5.41, 5.74) is 4.22. The predicted molar refractivity (Wildman–Crippen MR) is 113 cm³/mol. The number of hydrogen-bond acceptors (Lipinski definition) is 4. The normalized spacial score (nSPS) is 16.6. The summed E-state index contributed by atoms with van der Waals surface area (Å²) in [6, 6.07) is 16.3. The molecule has 148 valence electrons. The van der Waals surface area contributed by atoms with Crippen LogP contribution in [0, 0.1) is 6.92 Å². The van der Waals surface area contributed by atoms with Gasteiger partial charge in [-0.05, 0) is 51.1 Å². The van der Waals surface area contributed by atoms with Crippen LogP contribution < -0.4 is 4.74 Å². The quantitative estimate of drug-likeness (QED) is 0.761. The third-order valence-electron chi connectivity index (χ3n) is 5.38. The minimum atomic E-state index is -0.0875. The highest BCUT2D eigenvalue weighted by Gasteiger charge is 2.34. The third-order valence-corrected chi connectivity index (χ3v) is 5.38. The molecule has 0 N–H and O–H groups in total. The number of likely N-dealkylation sites (N-methyl/N-ethyl adjacent to an activating group) is 1. The SMILES string of the molecule is COc1cccc(C2=NN(C(=O)CN(C)C(C)C)C(c3ccccc3C)C2)c1. The van der Waals surface area contributed by atoms with E-state index in [9.17, 15) is 4.79 Å². The van der Waals surface area contributed by atoms with Gasteiger partial charge >= 0.3 is 0 Å². The first-order valence-electron chi connectivity index (χ1n) is 9.70. The number of aryl methyl sites for hydroxylation is 1. The molecular weight excluding hydrogens is 350 g/mol. The van der Waals surface area contributed by atoms with E-state index in [0.717, 1.165) is 22.6 Å². The Bertz CT molecular complexity index is 876. The van der Waals surface area contributed by atoms with Gasteiger partial charge in [-0.2, -0.15) is 5.10 Å². The van der Waals surface area contributed by atoms with E-state index >= 15 is 0 Å². The minimum Gasteiger partial charge on any atom is -0.497 e. The number of benzene rings is 2. The maximum Gasteiger partial charge on any atom is 0.257 e. The second-order valence-electron chi connectivity index (χ2n) is 7.60. The van der Waals surface area contributed by atoms with Crippen LogP contribution in [0.4, 0.5) is 0 Å². The van der Waals surface area contributed by atoms with E-state index in [1.165, 1.54) is 5.56 Å². The lowest BCUT2D eigenvalue weighted by molar-refractivity contribution is -0.134. The summed E-state index contributed by atoms with van der Waals surface area (Å²) < 4.78 is 5.36. The number of amides is 1. The average molecular weight is 380 g/mol. The number of ether oxygens (including phenoxy) is 1. The van der Waals surface area contributed by atoms with Gasteiger partial charge in [-0.15, -0.1) is 0 Å². The summed E-state index contributed by atoms with van der Waals surface area (Å²) in [4.78, 5) is 15.1. The number of carbonyl (C=O) groups excluding carboxylic acids is 1. The van der Waals surface area contributed by atoms with Crippen molar-refractivity contribution in [2.75, 3.05) is 20.7 Å². The fourth-order valence-corrected chi connectivity index (χ4v) is 3.39. The van der Waals surface area contributed by atoms with Crippen LogP contribution in [0.3, 0.4) is 0 Å². The van der Waals surface area contributed by atoms with Crippen LogP contribution in [0.15, 0.2) is 53.6 Å². The summed E-state index contributed by atoms with van der Waals surface area (Å²) in [7, 11) is 3.62. The first-order valence-corrected chi connectivity index (χ1v) is 9.70. The van der Waals surface area contributed by atoms with Crippen molar-refractivity contribution in [3.63, 3.8) is 0 Å². The Hall–Kier alpha value is -2.66. The predicted octanol–water partition coefficient (Wildman–Crippen LogP) is 4.02. The number of rotatable bonds is 6. The van der Waals surface area contributed by atoms with E-state index < -0.39 is 0 Å². The Morgan fingerprint density at radius 3 is 2.68 bits per heavy atom. The summed E-state index contributed by atoms with van der Waals surface area (Å²) in [5, 5.41) is 6.44. The molecule has 0 fully saturated rings. The highest BCUT2D eigenvalue weighted by atomic mass is 16.5. The smallest absolute Gasteiger partial charge is 0.257 e. The lowest BCUT2D eigenvalue weighted by Crippen LogP contribution is -2.39. The van der Waals surface area contributed by atoms with Gasteiger partial charge in [0, 0.05) is 18.0 Å². The lowest BCUT2D eigenvalue weighted by atomic mass is 9.95. The van der Waals surface area contributed by atoms with Gasteiger partial charge in [-0.3, -0.25) is 9.69 Å². The highest BCUT2D eigenvalue weighted by Crippen LogP contribution is 2.35. The molecule has 0 aromatic heterocycles. The van der Waals surface area contributed by atoms with E-state index in [0.29, 0.717) is 19.0 Å². The third kappa shape index (κ3) is 4.25. The van der Waals surface area contributed by atoms with Crippen LogP contribution in [0.5, 0.6) is 5.75 Å². The van der Waals surface area contributed by atoms with Crippen molar-refractivity contribution in [1.82, 2.24) is 9.91 Å². The molecule has 0 bridgehead atoms. The molecule has 2 aromatic rings. The maximum atomic E-state index is 13.1. The zero-order chi connectivity index (χ0) is 20.3. The zero-order valence-electron chi connectivity index (χ0n) is 17.3. The zero-order valence-corrected chi connectivity index (χ0v) is 17.3. The monoisotopic (exact) mass is 379 g/mol. The maximum absolute atomic E-state index is 13.1. The molecule has 28 heavy (non-hydrogen) atoms. The van der Waals surface area contributed by atoms with E-state index in [1.807, 2.05) is 48.3 Å². The van der Waals surface area contributed by atoms with Gasteiger partial charge in [0.1, 0.15) is 5.75 Å². The van der Waals surface area contributed by atoms with E-state index in [2.05, 4.69) is 32.9 Å². The number of carbonyl (C=O) groups is 1. The van der Waals surface area contributed by atoms with E-state index in [4.69, 9.17) is 9.84 Å². The molecule has 0 saturated carbocycles. The van der Waals surface area contributed by atoms with Gasteiger partial charge in [-0.25, -0.2) is 5.01 Å². The van der Waals surface area contributed by atoms with Gasteiger partial charge in [-0.1, -0.05) is 36.4 Å². The van der Waals surface area contributed by atoms with Gasteiger partial charge in [0.05, 0.1) is 25.4 Å². The van der Waals surface area contributed by atoms with Crippen molar-refractivity contribution in [2.24, 2.45) is 5.10 Å². The number of methoxy groups -OCH3 is 1.